The summed E-state index contributed by atoms with van der Waals surface area (Å²) in [6, 6.07) is 7.54. The fraction of sp³-hybridized carbons (Fsp3) is 0.385. The van der Waals surface area contributed by atoms with Crippen molar-refractivity contribution in [2.24, 2.45) is 11.7 Å². The molecule has 1 aromatic rings. The topological polar surface area (TPSA) is 102 Å². The van der Waals surface area contributed by atoms with Crippen LogP contribution in [0, 0.1) is 5.92 Å². The Morgan fingerprint density at radius 3 is 2.95 bits per heavy atom. The van der Waals surface area contributed by atoms with Gasteiger partial charge in [0.2, 0.25) is 11.8 Å². The van der Waals surface area contributed by atoms with Crippen LogP contribution in [-0.4, -0.2) is 36.2 Å². The first kappa shape index (κ1) is 13.4. The monoisotopic (exact) mass is 264 g/mol. The van der Waals surface area contributed by atoms with Crippen LogP contribution >= 0.6 is 0 Å². The first-order valence-electron chi connectivity index (χ1n) is 6.03. The number of nitrogens with one attached hydrogen (secondary N) is 1. The second kappa shape index (κ2) is 5.71. The smallest absolute Gasteiger partial charge is 0.248 e. The number of nitrogens with two attached hydrogens (primary N) is 1. The van der Waals surface area contributed by atoms with E-state index in [0.29, 0.717) is 6.42 Å². The summed E-state index contributed by atoms with van der Waals surface area (Å²) in [4.78, 5) is 22.5. The maximum atomic E-state index is 11.9. The lowest BCUT2D eigenvalue weighted by Gasteiger charge is -2.24. The van der Waals surface area contributed by atoms with Crippen LogP contribution in [0.15, 0.2) is 24.3 Å². The molecule has 2 unspecified atom stereocenters. The predicted octanol–water partition coefficient (Wildman–Crippen LogP) is -0.800. The first-order valence-corrected chi connectivity index (χ1v) is 6.03. The third-order valence-corrected chi connectivity index (χ3v) is 3.05. The van der Waals surface area contributed by atoms with E-state index in [0.717, 1.165) is 11.3 Å². The molecule has 0 radical (unpaired) electrons. The summed E-state index contributed by atoms with van der Waals surface area (Å²) in [6.07, 6.45) is -0.782. The minimum absolute atomic E-state index is 0.174. The summed E-state index contributed by atoms with van der Waals surface area (Å²) in [5, 5.41) is 11.7. The highest BCUT2D eigenvalue weighted by Crippen LogP contribution is 2.26. The molecule has 2 atom stereocenters. The van der Waals surface area contributed by atoms with E-state index in [1.807, 2.05) is 24.3 Å². The number of aliphatic hydroxyl groups excluding tert-OH is 1. The van der Waals surface area contributed by atoms with Crippen molar-refractivity contribution in [3.8, 4) is 5.75 Å². The Bertz CT molecular complexity index is 489. The maximum absolute atomic E-state index is 11.9. The third kappa shape index (κ3) is 3.23. The number of ether oxygens (including phenoxy) is 1. The number of primary amides is 1. The average molecular weight is 264 g/mol. The molecule has 0 bridgehead atoms. The Kier molecular flexibility index (Phi) is 4.01. The molecule has 0 saturated heterocycles. The molecule has 2 rings (SSSR count). The van der Waals surface area contributed by atoms with Crippen LogP contribution in [0.3, 0.4) is 0 Å². The van der Waals surface area contributed by atoms with E-state index in [1.165, 1.54) is 0 Å². The maximum Gasteiger partial charge on any atom is 0.248 e. The zero-order chi connectivity index (χ0) is 13.8. The highest BCUT2D eigenvalue weighted by Gasteiger charge is 2.26. The first-order chi connectivity index (χ1) is 9.08. The average Bonchev–Trinajstić information content (AvgIpc) is 2.43. The molecule has 102 valence electrons. The number of fused-ring (bicyclic) bond motifs is 1. The molecule has 0 aliphatic carbocycles. The lowest BCUT2D eigenvalue weighted by atomic mass is 9.96. The van der Waals surface area contributed by atoms with Gasteiger partial charge in [-0.05, 0) is 18.1 Å². The second-order valence-corrected chi connectivity index (χ2v) is 4.48. The lowest BCUT2D eigenvalue weighted by Crippen LogP contribution is -2.44. The van der Waals surface area contributed by atoms with Gasteiger partial charge in [-0.15, -0.1) is 0 Å². The van der Waals surface area contributed by atoms with E-state index >= 15 is 0 Å². The van der Waals surface area contributed by atoms with Gasteiger partial charge in [0.05, 0.1) is 12.5 Å². The number of hydrogen-bond acceptors (Lipinski definition) is 4. The Morgan fingerprint density at radius 1 is 1.47 bits per heavy atom. The molecular weight excluding hydrogens is 248 g/mol. The van der Waals surface area contributed by atoms with Crippen LogP contribution in [0.2, 0.25) is 0 Å². The molecular formula is C13H16N2O4. The van der Waals surface area contributed by atoms with Crippen molar-refractivity contribution in [3.05, 3.63) is 29.8 Å². The Labute approximate surface area is 110 Å². The molecule has 1 aliphatic heterocycles. The van der Waals surface area contributed by atoms with Crippen LogP contribution < -0.4 is 15.8 Å². The molecule has 0 aromatic heterocycles. The summed E-state index contributed by atoms with van der Waals surface area (Å²) in [7, 11) is 0. The zero-order valence-corrected chi connectivity index (χ0v) is 10.3. The standard InChI is InChI=1S/C13H16N2O4/c14-12(17)10(16)6-15-13(18)9-5-8-3-1-2-4-11(8)19-7-9/h1-4,9-10,16H,5-7H2,(H2,14,17)(H,15,18). The predicted molar refractivity (Wildman–Crippen MR) is 67.3 cm³/mol. The van der Waals surface area contributed by atoms with E-state index in [9.17, 15) is 14.7 Å². The lowest BCUT2D eigenvalue weighted by molar-refractivity contribution is -0.129. The Hall–Kier alpha value is -2.08. The number of para-hydroxylation sites is 1. The van der Waals surface area contributed by atoms with Gasteiger partial charge >= 0.3 is 0 Å². The summed E-state index contributed by atoms with van der Waals surface area (Å²) >= 11 is 0. The van der Waals surface area contributed by atoms with Gasteiger partial charge in [-0.3, -0.25) is 9.59 Å². The molecule has 1 heterocycles. The molecule has 6 heteroatoms. The molecule has 19 heavy (non-hydrogen) atoms. The van der Waals surface area contributed by atoms with Crippen LogP contribution in [0.25, 0.3) is 0 Å². The fourth-order valence-corrected chi connectivity index (χ4v) is 1.94. The van der Waals surface area contributed by atoms with E-state index in [1.54, 1.807) is 0 Å². The van der Waals surface area contributed by atoms with Gasteiger partial charge in [0.1, 0.15) is 18.5 Å². The van der Waals surface area contributed by atoms with Gasteiger partial charge in [0.15, 0.2) is 0 Å². The van der Waals surface area contributed by atoms with Crippen molar-refractivity contribution in [1.29, 1.82) is 0 Å². The van der Waals surface area contributed by atoms with Crippen molar-refractivity contribution >= 4 is 11.8 Å². The molecule has 6 nitrogen and oxygen atoms in total. The van der Waals surface area contributed by atoms with E-state index in [4.69, 9.17) is 10.5 Å². The molecule has 1 aliphatic rings. The quantitative estimate of drug-likeness (QED) is 0.662. The van der Waals surface area contributed by atoms with Crippen LogP contribution in [0.5, 0.6) is 5.75 Å². The van der Waals surface area contributed by atoms with Gasteiger partial charge < -0.3 is 20.9 Å². The van der Waals surface area contributed by atoms with Crippen LogP contribution in [0.1, 0.15) is 5.56 Å². The number of carbonyl (C=O) groups excluding carboxylic acids is 2. The molecule has 0 spiro atoms. The highest BCUT2D eigenvalue weighted by atomic mass is 16.5. The van der Waals surface area contributed by atoms with Crippen molar-refractivity contribution in [2.75, 3.05) is 13.2 Å². The minimum atomic E-state index is -1.36. The number of benzene rings is 1. The second-order valence-electron chi connectivity index (χ2n) is 4.48. The third-order valence-electron chi connectivity index (χ3n) is 3.05. The normalized spacial score (nSPS) is 18.9. The molecule has 0 fully saturated rings. The molecule has 4 N–H and O–H groups in total. The van der Waals surface area contributed by atoms with Crippen molar-refractivity contribution < 1.29 is 19.4 Å². The number of carbonyl (C=O) groups is 2. The van der Waals surface area contributed by atoms with Gasteiger partial charge in [-0.2, -0.15) is 0 Å². The van der Waals surface area contributed by atoms with Gasteiger partial charge in [0.25, 0.3) is 0 Å². The minimum Gasteiger partial charge on any atom is -0.492 e. The highest BCUT2D eigenvalue weighted by molar-refractivity contribution is 5.82. The summed E-state index contributed by atoms with van der Waals surface area (Å²) in [6.45, 7) is 0.113. The van der Waals surface area contributed by atoms with Gasteiger partial charge in [0, 0.05) is 0 Å². The van der Waals surface area contributed by atoms with Crippen molar-refractivity contribution in [1.82, 2.24) is 5.32 Å². The van der Waals surface area contributed by atoms with Crippen molar-refractivity contribution in [2.45, 2.75) is 12.5 Å². The summed E-state index contributed by atoms with van der Waals surface area (Å²) in [5.41, 5.74) is 5.88. The zero-order valence-electron chi connectivity index (χ0n) is 10.3. The Balaban J connectivity index is 1.90. The largest absolute Gasteiger partial charge is 0.492 e. The van der Waals surface area contributed by atoms with E-state index in [-0.39, 0.29) is 25.0 Å². The van der Waals surface area contributed by atoms with Gasteiger partial charge in [-0.1, -0.05) is 18.2 Å². The molecule has 0 saturated carbocycles. The summed E-state index contributed by atoms with van der Waals surface area (Å²) < 4.78 is 5.50. The van der Waals surface area contributed by atoms with Crippen LogP contribution in [0.4, 0.5) is 0 Å². The van der Waals surface area contributed by atoms with Crippen LogP contribution in [-0.2, 0) is 16.0 Å². The molecule has 1 aromatic carbocycles. The SMILES string of the molecule is NC(=O)C(O)CNC(=O)C1COc2ccccc2C1. The van der Waals surface area contributed by atoms with E-state index in [2.05, 4.69) is 5.32 Å². The Morgan fingerprint density at radius 2 is 2.21 bits per heavy atom. The number of aliphatic hydroxyl groups is 1. The fourth-order valence-electron chi connectivity index (χ4n) is 1.94. The number of amides is 2. The van der Waals surface area contributed by atoms with Crippen molar-refractivity contribution in [3.63, 3.8) is 0 Å². The van der Waals surface area contributed by atoms with Gasteiger partial charge in [-0.25, -0.2) is 0 Å². The number of hydrogen-bond donors (Lipinski definition) is 3. The number of rotatable bonds is 4. The van der Waals surface area contributed by atoms with E-state index < -0.39 is 12.0 Å². The summed E-state index contributed by atoms with van der Waals surface area (Å²) in [5.74, 6) is -0.640. The molecule has 2 amide bonds.